The van der Waals surface area contributed by atoms with Crippen LogP contribution in [0.3, 0.4) is 0 Å². The van der Waals surface area contributed by atoms with Crippen LogP contribution in [-0.2, 0) is 18.4 Å². The molecule has 0 fully saturated rings. The van der Waals surface area contributed by atoms with Gasteiger partial charge in [0.1, 0.15) is 23.5 Å². The summed E-state index contributed by atoms with van der Waals surface area (Å²) in [6.07, 6.45) is 6.28. The number of hydrogen-bond acceptors (Lipinski definition) is 4. The molecule has 0 bridgehead atoms. The monoisotopic (exact) mass is 261 g/mol. The van der Waals surface area contributed by atoms with E-state index >= 15 is 0 Å². The molecule has 1 atom stereocenters. The number of aliphatic hydroxyl groups is 1. The van der Waals surface area contributed by atoms with Crippen LogP contribution >= 0.6 is 0 Å². The molecule has 5 nitrogen and oxygen atoms in total. The number of rotatable bonds is 3. The molecule has 3 rings (SSSR count). The molecule has 0 saturated heterocycles. The Hall–Kier alpha value is -1.62. The van der Waals surface area contributed by atoms with Gasteiger partial charge in [-0.3, -0.25) is 0 Å². The molecule has 2 heterocycles. The Kier molecular flexibility index (Phi) is 2.93. The van der Waals surface area contributed by atoms with E-state index in [0.717, 1.165) is 36.4 Å². The molecular formula is C14H19N3O2. The van der Waals surface area contributed by atoms with Crippen LogP contribution in [0.4, 0.5) is 0 Å². The molecule has 5 heteroatoms. The third-order valence-corrected chi connectivity index (χ3v) is 3.83. The zero-order valence-electron chi connectivity index (χ0n) is 11.3. The average Bonchev–Trinajstić information content (AvgIpc) is 2.97. The van der Waals surface area contributed by atoms with Gasteiger partial charge in [0.25, 0.3) is 0 Å². The number of nitrogens with zero attached hydrogens (tertiary/aromatic N) is 3. The van der Waals surface area contributed by atoms with E-state index in [4.69, 9.17) is 4.42 Å². The summed E-state index contributed by atoms with van der Waals surface area (Å²) in [6.45, 7) is 4.12. The summed E-state index contributed by atoms with van der Waals surface area (Å²) < 4.78 is 7.31. The summed E-state index contributed by atoms with van der Waals surface area (Å²) in [7, 11) is 0. The minimum atomic E-state index is -0.875. The summed E-state index contributed by atoms with van der Waals surface area (Å²) in [6, 6.07) is 2.12. The number of aryl methyl sites for hydroxylation is 1. The second kappa shape index (κ2) is 4.49. The zero-order valence-corrected chi connectivity index (χ0v) is 11.3. The molecule has 1 aliphatic carbocycles. The first-order valence-corrected chi connectivity index (χ1v) is 6.78. The second-order valence-electron chi connectivity index (χ2n) is 5.53. The molecule has 0 spiro atoms. The first-order chi connectivity index (χ1) is 9.10. The summed E-state index contributed by atoms with van der Waals surface area (Å²) >= 11 is 0. The van der Waals surface area contributed by atoms with Crippen molar-refractivity contribution in [2.24, 2.45) is 0 Å². The molecule has 2 aromatic heterocycles. The third kappa shape index (κ3) is 2.08. The van der Waals surface area contributed by atoms with E-state index in [1.54, 1.807) is 12.6 Å². The first-order valence-electron chi connectivity index (χ1n) is 6.78. The number of fused-ring (bicyclic) bond motifs is 1. The summed E-state index contributed by atoms with van der Waals surface area (Å²) in [5.41, 5.74) is 0.0392. The van der Waals surface area contributed by atoms with E-state index in [0.29, 0.717) is 6.42 Å². The van der Waals surface area contributed by atoms with Crippen LogP contribution in [0, 0.1) is 0 Å². The maximum atomic E-state index is 10.9. The lowest BCUT2D eigenvalue weighted by molar-refractivity contribution is 0.0137. The van der Waals surface area contributed by atoms with Crippen LogP contribution in [0.15, 0.2) is 23.1 Å². The van der Waals surface area contributed by atoms with Gasteiger partial charge in [-0.2, -0.15) is 5.10 Å². The number of furan rings is 1. The molecule has 0 aromatic carbocycles. The number of aromatic nitrogens is 3. The van der Waals surface area contributed by atoms with Gasteiger partial charge in [-0.1, -0.05) is 0 Å². The molecule has 0 radical (unpaired) electrons. The van der Waals surface area contributed by atoms with E-state index in [1.165, 1.54) is 0 Å². The largest absolute Gasteiger partial charge is 0.469 e. The Labute approximate surface area is 112 Å². The van der Waals surface area contributed by atoms with Gasteiger partial charge in [0.2, 0.25) is 0 Å². The van der Waals surface area contributed by atoms with Crippen molar-refractivity contribution in [1.82, 2.24) is 14.8 Å². The maximum Gasteiger partial charge on any atom is 0.138 e. The van der Waals surface area contributed by atoms with Crippen molar-refractivity contribution >= 4 is 0 Å². The van der Waals surface area contributed by atoms with E-state index in [1.807, 2.05) is 10.7 Å². The van der Waals surface area contributed by atoms with Gasteiger partial charge in [0.15, 0.2) is 0 Å². The van der Waals surface area contributed by atoms with Crippen molar-refractivity contribution in [3.8, 4) is 0 Å². The van der Waals surface area contributed by atoms with Crippen LogP contribution in [0.1, 0.15) is 49.9 Å². The Morgan fingerprint density at radius 2 is 2.37 bits per heavy atom. The molecule has 102 valence electrons. The van der Waals surface area contributed by atoms with Gasteiger partial charge in [0, 0.05) is 24.4 Å². The smallest absolute Gasteiger partial charge is 0.138 e. The molecule has 1 aliphatic rings. The molecule has 1 N–H and O–H groups in total. The van der Waals surface area contributed by atoms with E-state index in [2.05, 4.69) is 23.9 Å². The SMILES string of the molecule is CC(C)n1ncnc1CC1(O)CCCc2occc21. The van der Waals surface area contributed by atoms with E-state index in [9.17, 15) is 5.11 Å². The Morgan fingerprint density at radius 1 is 1.53 bits per heavy atom. The lowest BCUT2D eigenvalue weighted by atomic mass is 9.80. The Bertz CT molecular complexity index is 573. The molecule has 1 unspecified atom stereocenters. The van der Waals surface area contributed by atoms with Crippen LogP contribution < -0.4 is 0 Å². The summed E-state index contributed by atoms with van der Waals surface area (Å²) in [5, 5.41) is 15.2. The fourth-order valence-corrected chi connectivity index (χ4v) is 2.90. The third-order valence-electron chi connectivity index (χ3n) is 3.83. The highest BCUT2D eigenvalue weighted by Crippen LogP contribution is 2.38. The molecule has 0 amide bonds. The Balaban J connectivity index is 1.93. The maximum absolute atomic E-state index is 10.9. The van der Waals surface area contributed by atoms with Gasteiger partial charge in [0.05, 0.1) is 6.26 Å². The number of hydrogen-bond donors (Lipinski definition) is 1. The van der Waals surface area contributed by atoms with Gasteiger partial charge in [-0.15, -0.1) is 0 Å². The van der Waals surface area contributed by atoms with Crippen molar-refractivity contribution in [3.05, 3.63) is 35.8 Å². The second-order valence-corrected chi connectivity index (χ2v) is 5.53. The Morgan fingerprint density at radius 3 is 3.16 bits per heavy atom. The molecular weight excluding hydrogens is 242 g/mol. The summed E-state index contributed by atoms with van der Waals surface area (Å²) in [4.78, 5) is 4.30. The van der Waals surface area contributed by atoms with Crippen LogP contribution in [0.5, 0.6) is 0 Å². The van der Waals surface area contributed by atoms with Crippen LogP contribution in [0.2, 0.25) is 0 Å². The first kappa shape index (κ1) is 12.4. The zero-order chi connectivity index (χ0) is 13.5. The van der Waals surface area contributed by atoms with Crippen molar-refractivity contribution in [2.75, 3.05) is 0 Å². The minimum Gasteiger partial charge on any atom is -0.469 e. The fourth-order valence-electron chi connectivity index (χ4n) is 2.90. The van der Waals surface area contributed by atoms with Gasteiger partial charge >= 0.3 is 0 Å². The topological polar surface area (TPSA) is 64.1 Å². The molecule has 2 aromatic rings. The highest BCUT2D eigenvalue weighted by molar-refractivity contribution is 5.28. The van der Waals surface area contributed by atoms with E-state index < -0.39 is 5.60 Å². The van der Waals surface area contributed by atoms with Crippen molar-refractivity contribution < 1.29 is 9.52 Å². The average molecular weight is 261 g/mol. The van der Waals surface area contributed by atoms with Crippen molar-refractivity contribution in [1.29, 1.82) is 0 Å². The van der Waals surface area contributed by atoms with Gasteiger partial charge in [-0.25, -0.2) is 9.67 Å². The van der Waals surface area contributed by atoms with Crippen LogP contribution in [-0.4, -0.2) is 19.9 Å². The van der Waals surface area contributed by atoms with Crippen molar-refractivity contribution in [3.63, 3.8) is 0 Å². The standard InChI is InChI=1S/C14H19N3O2/c1-10(2)17-13(15-9-16-17)8-14(18)6-3-4-12-11(14)5-7-19-12/h5,7,9-10,18H,3-4,6,8H2,1-2H3. The van der Waals surface area contributed by atoms with E-state index in [-0.39, 0.29) is 6.04 Å². The minimum absolute atomic E-state index is 0.244. The fraction of sp³-hybridized carbons (Fsp3) is 0.571. The molecule has 19 heavy (non-hydrogen) atoms. The van der Waals surface area contributed by atoms with Crippen molar-refractivity contribution in [2.45, 2.75) is 51.2 Å². The summed E-state index contributed by atoms with van der Waals surface area (Å²) in [5.74, 6) is 1.73. The highest BCUT2D eigenvalue weighted by atomic mass is 16.3. The van der Waals surface area contributed by atoms with Gasteiger partial charge < -0.3 is 9.52 Å². The predicted molar refractivity (Wildman–Crippen MR) is 69.7 cm³/mol. The normalized spacial score (nSPS) is 22.7. The quantitative estimate of drug-likeness (QED) is 0.920. The lowest BCUT2D eigenvalue weighted by Crippen LogP contribution is -2.33. The van der Waals surface area contributed by atoms with Crippen LogP contribution in [0.25, 0.3) is 0 Å². The highest BCUT2D eigenvalue weighted by Gasteiger charge is 2.37. The molecule has 0 saturated carbocycles. The predicted octanol–water partition coefficient (Wildman–Crippen LogP) is 2.22. The molecule has 0 aliphatic heterocycles. The lowest BCUT2D eigenvalue weighted by Gasteiger charge is -2.31. The van der Waals surface area contributed by atoms with Gasteiger partial charge in [-0.05, 0) is 32.8 Å².